The van der Waals surface area contributed by atoms with E-state index >= 15 is 0 Å². The van der Waals surface area contributed by atoms with Crippen LogP contribution < -0.4 is 10.6 Å². The molecule has 0 spiro atoms. The first-order valence-electron chi connectivity index (χ1n) is 3.88. The molecule has 0 unspecified atom stereocenters. The average Bonchev–Trinajstić information content (AvgIpc) is 2.53. The van der Waals surface area contributed by atoms with E-state index in [2.05, 4.69) is 8.75 Å². The number of nitrogens with zero attached hydrogens (tertiary/aromatic N) is 3. The van der Waals surface area contributed by atoms with Crippen LogP contribution in [0.3, 0.4) is 0 Å². The van der Waals surface area contributed by atoms with E-state index in [1.54, 1.807) is 0 Å². The Balaban J connectivity index is 2.78. The molecule has 0 aliphatic heterocycles. The van der Waals surface area contributed by atoms with Gasteiger partial charge in [0.25, 0.3) is 0 Å². The summed E-state index contributed by atoms with van der Waals surface area (Å²) in [6.45, 7) is 0. The van der Waals surface area contributed by atoms with Gasteiger partial charge >= 0.3 is 0 Å². The van der Waals surface area contributed by atoms with Crippen LogP contribution >= 0.6 is 11.7 Å². The Kier molecular flexibility index (Phi) is 1.81. The fraction of sp³-hybridized carbons (Fsp3) is 0.250. The molecule has 2 rings (SSSR count). The van der Waals surface area contributed by atoms with E-state index in [0.717, 1.165) is 16.7 Å². The van der Waals surface area contributed by atoms with E-state index in [1.807, 2.05) is 31.1 Å². The fourth-order valence-corrected chi connectivity index (χ4v) is 1.81. The number of rotatable bonds is 1. The molecule has 13 heavy (non-hydrogen) atoms. The molecule has 0 atom stereocenters. The zero-order valence-electron chi connectivity index (χ0n) is 7.48. The zero-order chi connectivity index (χ0) is 9.42. The lowest BCUT2D eigenvalue weighted by Crippen LogP contribution is -2.09. The Morgan fingerprint density at radius 1 is 1.23 bits per heavy atom. The van der Waals surface area contributed by atoms with Crippen LogP contribution in [0.4, 0.5) is 11.4 Å². The molecule has 68 valence electrons. The Morgan fingerprint density at radius 3 is 2.62 bits per heavy atom. The standard InChI is InChI=1S/C8H10N4S/c1-12(2)6-4-3-5(9)7-8(6)11-13-10-7/h3-4H,9H2,1-2H3. The third-order valence-electron chi connectivity index (χ3n) is 1.91. The summed E-state index contributed by atoms with van der Waals surface area (Å²) in [4.78, 5) is 2.00. The van der Waals surface area contributed by atoms with E-state index in [4.69, 9.17) is 5.73 Å². The van der Waals surface area contributed by atoms with Crippen molar-refractivity contribution < 1.29 is 0 Å². The van der Waals surface area contributed by atoms with Gasteiger partial charge < -0.3 is 10.6 Å². The molecule has 0 fully saturated rings. The van der Waals surface area contributed by atoms with Gasteiger partial charge in [-0.15, -0.1) is 0 Å². The Labute approximate surface area is 80.3 Å². The number of anilines is 2. The second kappa shape index (κ2) is 2.85. The number of aromatic nitrogens is 2. The quantitative estimate of drug-likeness (QED) is 0.696. The summed E-state index contributed by atoms with van der Waals surface area (Å²) >= 11 is 1.19. The number of benzene rings is 1. The first kappa shape index (κ1) is 8.25. The maximum absolute atomic E-state index is 5.76. The summed E-state index contributed by atoms with van der Waals surface area (Å²) < 4.78 is 8.35. The first-order valence-corrected chi connectivity index (χ1v) is 4.61. The van der Waals surface area contributed by atoms with Gasteiger partial charge in [-0.3, -0.25) is 0 Å². The van der Waals surface area contributed by atoms with Crippen LogP contribution in [0.1, 0.15) is 0 Å². The summed E-state index contributed by atoms with van der Waals surface area (Å²) in [5.41, 5.74) is 9.18. The summed E-state index contributed by atoms with van der Waals surface area (Å²) in [6.07, 6.45) is 0. The predicted molar refractivity (Wildman–Crippen MR) is 56.2 cm³/mol. The molecule has 0 amide bonds. The van der Waals surface area contributed by atoms with Crippen LogP contribution in [0.15, 0.2) is 12.1 Å². The van der Waals surface area contributed by atoms with Crippen molar-refractivity contribution in [2.75, 3.05) is 24.7 Å². The van der Waals surface area contributed by atoms with Crippen molar-refractivity contribution in [2.24, 2.45) is 0 Å². The van der Waals surface area contributed by atoms with Gasteiger partial charge in [0.1, 0.15) is 11.0 Å². The number of fused-ring (bicyclic) bond motifs is 1. The number of hydrogen-bond donors (Lipinski definition) is 1. The van der Waals surface area contributed by atoms with Gasteiger partial charge in [-0.1, -0.05) is 0 Å². The summed E-state index contributed by atoms with van der Waals surface area (Å²) in [6, 6.07) is 3.82. The molecule has 0 aliphatic rings. The van der Waals surface area contributed by atoms with E-state index in [9.17, 15) is 0 Å². The van der Waals surface area contributed by atoms with Gasteiger partial charge in [-0.05, 0) is 12.1 Å². The lowest BCUT2D eigenvalue weighted by molar-refractivity contribution is 1.14. The highest BCUT2D eigenvalue weighted by atomic mass is 32.1. The van der Waals surface area contributed by atoms with Crippen molar-refractivity contribution in [3.05, 3.63) is 12.1 Å². The second-order valence-electron chi connectivity index (χ2n) is 3.03. The monoisotopic (exact) mass is 194 g/mol. The van der Waals surface area contributed by atoms with Crippen LogP contribution in [0.2, 0.25) is 0 Å². The smallest absolute Gasteiger partial charge is 0.130 e. The van der Waals surface area contributed by atoms with Crippen molar-refractivity contribution in [3.8, 4) is 0 Å². The average molecular weight is 194 g/mol. The third kappa shape index (κ3) is 1.21. The number of hydrogen-bond acceptors (Lipinski definition) is 5. The molecule has 5 heteroatoms. The molecule has 0 aliphatic carbocycles. The molecule has 0 saturated heterocycles. The van der Waals surface area contributed by atoms with Crippen LogP contribution in [-0.4, -0.2) is 22.8 Å². The topological polar surface area (TPSA) is 55.0 Å². The van der Waals surface area contributed by atoms with E-state index < -0.39 is 0 Å². The van der Waals surface area contributed by atoms with E-state index in [-0.39, 0.29) is 0 Å². The van der Waals surface area contributed by atoms with E-state index in [0.29, 0.717) is 5.69 Å². The number of nitrogens with two attached hydrogens (primary N) is 1. The van der Waals surface area contributed by atoms with Gasteiger partial charge in [0.15, 0.2) is 0 Å². The molecule has 1 heterocycles. The van der Waals surface area contributed by atoms with Crippen LogP contribution in [0.25, 0.3) is 11.0 Å². The normalized spacial score (nSPS) is 10.6. The van der Waals surface area contributed by atoms with Gasteiger partial charge in [0.2, 0.25) is 0 Å². The molecule has 0 bridgehead atoms. The Morgan fingerprint density at radius 2 is 1.92 bits per heavy atom. The Hall–Kier alpha value is -1.36. The zero-order valence-corrected chi connectivity index (χ0v) is 8.30. The minimum Gasteiger partial charge on any atom is -0.397 e. The summed E-state index contributed by atoms with van der Waals surface area (Å²) in [7, 11) is 3.95. The van der Waals surface area contributed by atoms with Crippen LogP contribution in [0, 0.1) is 0 Å². The second-order valence-corrected chi connectivity index (χ2v) is 3.56. The molecule has 2 N–H and O–H groups in total. The van der Waals surface area contributed by atoms with Gasteiger partial charge in [-0.2, -0.15) is 8.75 Å². The molecule has 2 aromatic rings. The molecule has 0 radical (unpaired) electrons. The number of nitrogen functional groups attached to an aromatic ring is 1. The van der Waals surface area contributed by atoms with Crippen molar-refractivity contribution in [1.29, 1.82) is 0 Å². The summed E-state index contributed by atoms with van der Waals surface area (Å²) in [5.74, 6) is 0. The largest absolute Gasteiger partial charge is 0.397 e. The fourth-order valence-electron chi connectivity index (χ4n) is 1.23. The Bertz CT molecular complexity index is 435. The van der Waals surface area contributed by atoms with Gasteiger partial charge in [0.05, 0.1) is 23.1 Å². The molecule has 1 aromatic heterocycles. The highest BCUT2D eigenvalue weighted by Gasteiger charge is 2.08. The maximum Gasteiger partial charge on any atom is 0.130 e. The molecular weight excluding hydrogens is 184 g/mol. The highest BCUT2D eigenvalue weighted by Crippen LogP contribution is 2.27. The van der Waals surface area contributed by atoms with Crippen molar-refractivity contribution in [1.82, 2.24) is 8.75 Å². The highest BCUT2D eigenvalue weighted by molar-refractivity contribution is 7.00. The predicted octanol–water partition coefficient (Wildman–Crippen LogP) is 1.34. The molecule has 1 aromatic carbocycles. The third-order valence-corrected chi connectivity index (χ3v) is 2.44. The van der Waals surface area contributed by atoms with Crippen LogP contribution in [0.5, 0.6) is 0 Å². The summed E-state index contributed by atoms with van der Waals surface area (Å²) in [5, 5.41) is 0. The molecule has 4 nitrogen and oxygen atoms in total. The van der Waals surface area contributed by atoms with Crippen molar-refractivity contribution in [3.63, 3.8) is 0 Å². The SMILES string of the molecule is CN(C)c1ccc(N)c2nsnc12. The van der Waals surface area contributed by atoms with Crippen molar-refractivity contribution in [2.45, 2.75) is 0 Å². The first-order chi connectivity index (χ1) is 6.20. The van der Waals surface area contributed by atoms with Gasteiger partial charge in [-0.25, -0.2) is 0 Å². The van der Waals surface area contributed by atoms with Crippen molar-refractivity contribution >= 4 is 34.1 Å². The van der Waals surface area contributed by atoms with Gasteiger partial charge in [0, 0.05) is 14.1 Å². The lowest BCUT2D eigenvalue weighted by atomic mass is 10.2. The van der Waals surface area contributed by atoms with Crippen LogP contribution in [-0.2, 0) is 0 Å². The molecular formula is C8H10N4S. The lowest BCUT2D eigenvalue weighted by Gasteiger charge is -2.12. The van der Waals surface area contributed by atoms with E-state index in [1.165, 1.54) is 11.7 Å². The minimum absolute atomic E-state index is 0.689. The minimum atomic E-state index is 0.689. The molecule has 0 saturated carbocycles. The maximum atomic E-state index is 5.76.